The minimum absolute atomic E-state index is 0.0804. The van der Waals surface area contributed by atoms with E-state index >= 15 is 0 Å². The molecule has 1 aliphatic rings. The van der Waals surface area contributed by atoms with E-state index < -0.39 is 0 Å². The van der Waals surface area contributed by atoms with Crippen molar-refractivity contribution in [2.24, 2.45) is 5.92 Å². The highest BCUT2D eigenvalue weighted by atomic mass is 16.1. The van der Waals surface area contributed by atoms with Crippen LogP contribution in [0.1, 0.15) is 54.1 Å². The summed E-state index contributed by atoms with van der Waals surface area (Å²) in [6, 6.07) is 6.28. The minimum Gasteiger partial charge on any atom is -0.349 e. The average Bonchev–Trinajstić information content (AvgIpc) is 2.35. The Morgan fingerprint density at radius 1 is 1.17 bits per heavy atom. The van der Waals surface area contributed by atoms with Crippen LogP contribution in [0.15, 0.2) is 18.2 Å². The van der Waals surface area contributed by atoms with Gasteiger partial charge in [0.1, 0.15) is 0 Å². The van der Waals surface area contributed by atoms with Crippen molar-refractivity contribution in [3.05, 3.63) is 34.9 Å². The number of carbonyl (C=O) groups excluding carboxylic acids is 1. The quantitative estimate of drug-likeness (QED) is 0.847. The lowest BCUT2D eigenvalue weighted by Crippen LogP contribution is -2.41. The first-order chi connectivity index (χ1) is 8.58. The summed E-state index contributed by atoms with van der Waals surface area (Å²) in [6.45, 7) is 6.36. The Bertz CT molecular complexity index is 439. The summed E-state index contributed by atoms with van der Waals surface area (Å²) in [6.07, 6.45) is 4.90. The van der Waals surface area contributed by atoms with Gasteiger partial charge in [0, 0.05) is 11.6 Å². The SMILES string of the molecule is Cc1ccc(C(=O)N[C@@H]2CCCC[C@@H]2C)cc1C. The van der Waals surface area contributed by atoms with E-state index in [1.165, 1.54) is 30.4 Å². The number of aryl methyl sites for hydroxylation is 2. The number of nitrogens with one attached hydrogen (secondary N) is 1. The molecule has 2 rings (SSSR count). The molecule has 0 aliphatic heterocycles. The fraction of sp³-hybridized carbons (Fsp3) is 0.562. The highest BCUT2D eigenvalue weighted by Gasteiger charge is 2.23. The molecule has 18 heavy (non-hydrogen) atoms. The normalized spacial score (nSPS) is 23.7. The smallest absolute Gasteiger partial charge is 0.251 e. The molecule has 1 saturated carbocycles. The zero-order valence-electron chi connectivity index (χ0n) is 11.6. The molecular formula is C16H23NO. The highest BCUT2D eigenvalue weighted by molar-refractivity contribution is 5.94. The second-order valence-electron chi connectivity index (χ2n) is 5.64. The van der Waals surface area contributed by atoms with Crippen LogP contribution in [0.5, 0.6) is 0 Å². The molecule has 0 bridgehead atoms. The molecule has 2 nitrogen and oxygen atoms in total. The molecule has 2 atom stereocenters. The first kappa shape index (κ1) is 13.1. The van der Waals surface area contributed by atoms with Gasteiger partial charge in [0.25, 0.3) is 5.91 Å². The average molecular weight is 245 g/mol. The summed E-state index contributed by atoms with van der Waals surface area (Å²) in [5.41, 5.74) is 3.20. The van der Waals surface area contributed by atoms with Crippen molar-refractivity contribution in [3.8, 4) is 0 Å². The summed E-state index contributed by atoms with van der Waals surface area (Å²) in [5, 5.41) is 3.19. The third-order valence-corrected chi connectivity index (χ3v) is 4.20. The molecule has 2 heteroatoms. The lowest BCUT2D eigenvalue weighted by atomic mass is 9.86. The largest absolute Gasteiger partial charge is 0.349 e. The molecular weight excluding hydrogens is 222 g/mol. The molecule has 1 N–H and O–H groups in total. The van der Waals surface area contributed by atoms with Crippen LogP contribution in [0, 0.1) is 19.8 Å². The minimum atomic E-state index is 0.0804. The lowest BCUT2D eigenvalue weighted by molar-refractivity contribution is 0.0910. The molecule has 1 amide bonds. The third kappa shape index (κ3) is 2.92. The number of carbonyl (C=O) groups is 1. The van der Waals surface area contributed by atoms with Gasteiger partial charge in [0.15, 0.2) is 0 Å². The van der Waals surface area contributed by atoms with Crippen molar-refractivity contribution in [2.75, 3.05) is 0 Å². The first-order valence-corrected chi connectivity index (χ1v) is 6.96. The van der Waals surface area contributed by atoms with E-state index in [1.54, 1.807) is 0 Å². The summed E-state index contributed by atoms with van der Waals surface area (Å²) in [7, 11) is 0. The van der Waals surface area contributed by atoms with Gasteiger partial charge in [-0.05, 0) is 55.9 Å². The van der Waals surface area contributed by atoms with E-state index in [-0.39, 0.29) is 5.91 Å². The number of benzene rings is 1. The molecule has 0 radical (unpaired) electrons. The van der Waals surface area contributed by atoms with E-state index in [2.05, 4.69) is 26.1 Å². The molecule has 0 aromatic heterocycles. The predicted octanol–water partition coefficient (Wildman–Crippen LogP) is 3.61. The number of hydrogen-bond donors (Lipinski definition) is 1. The fourth-order valence-electron chi connectivity index (χ4n) is 2.67. The van der Waals surface area contributed by atoms with Gasteiger partial charge in [-0.3, -0.25) is 4.79 Å². The van der Waals surface area contributed by atoms with E-state index in [0.29, 0.717) is 12.0 Å². The molecule has 0 spiro atoms. The van der Waals surface area contributed by atoms with E-state index in [4.69, 9.17) is 0 Å². The summed E-state index contributed by atoms with van der Waals surface area (Å²) < 4.78 is 0. The summed E-state index contributed by atoms with van der Waals surface area (Å²) >= 11 is 0. The second kappa shape index (κ2) is 5.55. The molecule has 98 valence electrons. The van der Waals surface area contributed by atoms with Gasteiger partial charge in [-0.1, -0.05) is 25.8 Å². The van der Waals surface area contributed by atoms with Gasteiger partial charge in [-0.15, -0.1) is 0 Å². The maximum atomic E-state index is 12.2. The predicted molar refractivity (Wildman–Crippen MR) is 74.8 cm³/mol. The maximum Gasteiger partial charge on any atom is 0.251 e. The number of hydrogen-bond acceptors (Lipinski definition) is 1. The van der Waals surface area contributed by atoms with E-state index in [9.17, 15) is 4.79 Å². The van der Waals surface area contributed by atoms with Crippen LogP contribution in [-0.4, -0.2) is 11.9 Å². The number of amides is 1. The zero-order valence-corrected chi connectivity index (χ0v) is 11.6. The topological polar surface area (TPSA) is 29.1 Å². The lowest BCUT2D eigenvalue weighted by Gasteiger charge is -2.29. The molecule has 1 aliphatic carbocycles. The Labute approximate surface area is 110 Å². The molecule has 1 aromatic carbocycles. The van der Waals surface area contributed by atoms with Gasteiger partial charge in [0.05, 0.1) is 0 Å². The van der Waals surface area contributed by atoms with Gasteiger partial charge in [0.2, 0.25) is 0 Å². The summed E-state index contributed by atoms with van der Waals surface area (Å²) in [5.74, 6) is 0.686. The van der Waals surface area contributed by atoms with Gasteiger partial charge in [-0.25, -0.2) is 0 Å². The van der Waals surface area contributed by atoms with Crippen LogP contribution in [-0.2, 0) is 0 Å². The highest BCUT2D eigenvalue weighted by Crippen LogP contribution is 2.24. The van der Waals surface area contributed by atoms with Crippen molar-refractivity contribution in [2.45, 2.75) is 52.5 Å². The van der Waals surface area contributed by atoms with Gasteiger partial charge < -0.3 is 5.32 Å². The van der Waals surface area contributed by atoms with Gasteiger partial charge >= 0.3 is 0 Å². The van der Waals surface area contributed by atoms with Crippen LogP contribution in [0.3, 0.4) is 0 Å². The second-order valence-corrected chi connectivity index (χ2v) is 5.64. The van der Waals surface area contributed by atoms with Crippen molar-refractivity contribution >= 4 is 5.91 Å². The zero-order chi connectivity index (χ0) is 13.1. The molecule has 0 heterocycles. The fourth-order valence-corrected chi connectivity index (χ4v) is 2.67. The number of rotatable bonds is 2. The molecule has 0 saturated heterocycles. The molecule has 1 fully saturated rings. The van der Waals surface area contributed by atoms with E-state index in [1.807, 2.05) is 18.2 Å². The first-order valence-electron chi connectivity index (χ1n) is 6.96. The Morgan fingerprint density at radius 3 is 2.56 bits per heavy atom. The van der Waals surface area contributed by atoms with Crippen molar-refractivity contribution in [3.63, 3.8) is 0 Å². The maximum absolute atomic E-state index is 12.2. The van der Waals surface area contributed by atoms with Crippen molar-refractivity contribution in [1.82, 2.24) is 5.32 Å². The van der Waals surface area contributed by atoms with Gasteiger partial charge in [-0.2, -0.15) is 0 Å². The van der Waals surface area contributed by atoms with Crippen LogP contribution in [0.25, 0.3) is 0 Å². The Kier molecular flexibility index (Phi) is 4.05. The standard InChI is InChI=1S/C16H23NO/c1-11-8-9-14(10-13(11)3)16(18)17-15-7-5-4-6-12(15)2/h8-10,12,15H,4-7H2,1-3H3,(H,17,18)/t12-,15+/m0/s1. The van der Waals surface area contributed by atoms with Crippen LogP contribution in [0.2, 0.25) is 0 Å². The van der Waals surface area contributed by atoms with Crippen LogP contribution >= 0.6 is 0 Å². The Morgan fingerprint density at radius 2 is 1.89 bits per heavy atom. The van der Waals surface area contributed by atoms with Crippen LogP contribution < -0.4 is 5.32 Å². The molecule has 1 aromatic rings. The van der Waals surface area contributed by atoms with Crippen molar-refractivity contribution < 1.29 is 4.79 Å². The van der Waals surface area contributed by atoms with Crippen LogP contribution in [0.4, 0.5) is 0 Å². The Hall–Kier alpha value is -1.31. The Balaban J connectivity index is 2.04. The third-order valence-electron chi connectivity index (χ3n) is 4.20. The monoisotopic (exact) mass is 245 g/mol. The summed E-state index contributed by atoms with van der Waals surface area (Å²) in [4.78, 5) is 12.2. The van der Waals surface area contributed by atoms with E-state index in [0.717, 1.165) is 12.0 Å². The van der Waals surface area contributed by atoms with Crippen molar-refractivity contribution in [1.29, 1.82) is 0 Å². The molecule has 0 unspecified atom stereocenters.